The van der Waals surface area contributed by atoms with Gasteiger partial charge in [-0.25, -0.2) is 0 Å². The minimum Gasteiger partial charge on any atom is -0.469 e. The van der Waals surface area contributed by atoms with Crippen molar-refractivity contribution >= 4 is 11.9 Å². The van der Waals surface area contributed by atoms with E-state index in [1.807, 2.05) is 30.3 Å². The molecular weight excluding hydrogens is 258 g/mol. The number of carbonyl (C=O) groups is 2. The highest BCUT2D eigenvalue weighted by molar-refractivity contribution is 5.83. The third-order valence-electron chi connectivity index (χ3n) is 3.65. The van der Waals surface area contributed by atoms with E-state index in [-0.39, 0.29) is 11.9 Å². The Morgan fingerprint density at radius 1 is 1.05 bits per heavy atom. The van der Waals surface area contributed by atoms with Crippen LogP contribution in [0.4, 0.5) is 0 Å². The Balaban J connectivity index is 2.07. The lowest BCUT2D eigenvalue weighted by Gasteiger charge is -2.15. The summed E-state index contributed by atoms with van der Waals surface area (Å²) < 4.78 is 9.57. The molecule has 0 bridgehead atoms. The summed E-state index contributed by atoms with van der Waals surface area (Å²) in [6.07, 6.45) is 0. The minimum atomic E-state index is -0.448. The van der Waals surface area contributed by atoms with Crippen LogP contribution in [-0.2, 0) is 25.6 Å². The quantitative estimate of drug-likeness (QED) is 0.771. The number of likely N-dealkylation sites (tertiary alicyclic amines) is 1. The van der Waals surface area contributed by atoms with Gasteiger partial charge in [-0.1, -0.05) is 30.3 Å². The predicted molar refractivity (Wildman–Crippen MR) is 72.7 cm³/mol. The smallest absolute Gasteiger partial charge is 0.310 e. The number of nitrogens with zero attached hydrogens (tertiary/aromatic N) is 1. The van der Waals surface area contributed by atoms with Crippen LogP contribution < -0.4 is 0 Å². The molecule has 2 rings (SSSR count). The normalized spacial score (nSPS) is 22.5. The van der Waals surface area contributed by atoms with Crippen LogP contribution in [0, 0.1) is 11.8 Å². The second kappa shape index (κ2) is 6.52. The van der Waals surface area contributed by atoms with Gasteiger partial charge >= 0.3 is 11.9 Å². The SMILES string of the molecule is COC(=O)[C@H]1CN(Cc2ccccc2)C[C@@H]1C(=O)OC. The molecule has 108 valence electrons. The van der Waals surface area contributed by atoms with Gasteiger partial charge in [0.2, 0.25) is 0 Å². The first-order valence-corrected chi connectivity index (χ1v) is 6.57. The number of carbonyl (C=O) groups excluding carboxylic acids is 2. The molecule has 1 fully saturated rings. The third-order valence-corrected chi connectivity index (χ3v) is 3.65. The van der Waals surface area contributed by atoms with Gasteiger partial charge in [-0.15, -0.1) is 0 Å². The molecule has 0 spiro atoms. The number of benzene rings is 1. The fourth-order valence-corrected chi connectivity index (χ4v) is 2.64. The van der Waals surface area contributed by atoms with E-state index in [0.29, 0.717) is 19.6 Å². The van der Waals surface area contributed by atoms with E-state index in [4.69, 9.17) is 9.47 Å². The fourth-order valence-electron chi connectivity index (χ4n) is 2.64. The summed E-state index contributed by atoms with van der Waals surface area (Å²) in [5.74, 6) is -1.60. The summed E-state index contributed by atoms with van der Waals surface area (Å²) in [5, 5.41) is 0. The lowest BCUT2D eigenvalue weighted by Crippen LogP contribution is -2.30. The first kappa shape index (κ1) is 14.5. The molecule has 5 heteroatoms. The van der Waals surface area contributed by atoms with Crippen LogP contribution in [0.1, 0.15) is 5.56 Å². The number of rotatable bonds is 4. The second-order valence-electron chi connectivity index (χ2n) is 4.94. The molecular formula is C15H19NO4. The molecule has 1 heterocycles. The lowest BCUT2D eigenvalue weighted by molar-refractivity contribution is -0.155. The van der Waals surface area contributed by atoms with E-state index in [0.717, 1.165) is 5.56 Å². The van der Waals surface area contributed by atoms with Crippen molar-refractivity contribution in [3.63, 3.8) is 0 Å². The molecule has 0 unspecified atom stereocenters. The van der Waals surface area contributed by atoms with Gasteiger partial charge in [0.25, 0.3) is 0 Å². The van der Waals surface area contributed by atoms with E-state index in [2.05, 4.69) is 4.90 Å². The van der Waals surface area contributed by atoms with Gasteiger partial charge in [-0.3, -0.25) is 14.5 Å². The van der Waals surface area contributed by atoms with Crippen LogP contribution in [-0.4, -0.2) is 44.1 Å². The van der Waals surface area contributed by atoms with Crippen molar-refractivity contribution in [3.8, 4) is 0 Å². The number of methoxy groups -OCH3 is 2. The Bertz CT molecular complexity index is 450. The molecule has 1 aromatic carbocycles. The summed E-state index contributed by atoms with van der Waals surface area (Å²) in [6.45, 7) is 1.74. The average molecular weight is 277 g/mol. The van der Waals surface area contributed by atoms with Gasteiger partial charge in [-0.05, 0) is 5.56 Å². The van der Waals surface area contributed by atoms with Crippen molar-refractivity contribution in [3.05, 3.63) is 35.9 Å². The van der Waals surface area contributed by atoms with Crippen molar-refractivity contribution in [2.75, 3.05) is 27.3 Å². The molecule has 1 aromatic rings. The summed E-state index contributed by atoms with van der Waals surface area (Å²) in [4.78, 5) is 25.7. The summed E-state index contributed by atoms with van der Waals surface area (Å²) >= 11 is 0. The maximum atomic E-state index is 11.8. The van der Waals surface area contributed by atoms with Gasteiger partial charge in [0.1, 0.15) is 0 Å². The van der Waals surface area contributed by atoms with Crippen LogP contribution in [0.3, 0.4) is 0 Å². The molecule has 1 aliphatic heterocycles. The fraction of sp³-hybridized carbons (Fsp3) is 0.467. The number of esters is 2. The zero-order valence-electron chi connectivity index (χ0n) is 11.7. The van der Waals surface area contributed by atoms with Crippen molar-refractivity contribution in [1.82, 2.24) is 4.90 Å². The van der Waals surface area contributed by atoms with E-state index >= 15 is 0 Å². The Morgan fingerprint density at radius 3 is 2.00 bits per heavy atom. The molecule has 0 radical (unpaired) electrons. The molecule has 2 atom stereocenters. The average Bonchev–Trinajstić information content (AvgIpc) is 2.90. The summed E-state index contributed by atoms with van der Waals surface area (Å²) in [5.41, 5.74) is 1.15. The molecule has 0 aromatic heterocycles. The maximum absolute atomic E-state index is 11.8. The van der Waals surface area contributed by atoms with Crippen molar-refractivity contribution in [1.29, 1.82) is 0 Å². The monoisotopic (exact) mass is 277 g/mol. The molecule has 1 saturated heterocycles. The molecule has 0 saturated carbocycles. The zero-order chi connectivity index (χ0) is 14.5. The predicted octanol–water partition coefficient (Wildman–Crippen LogP) is 1.08. The highest BCUT2D eigenvalue weighted by Gasteiger charge is 2.43. The highest BCUT2D eigenvalue weighted by atomic mass is 16.5. The van der Waals surface area contributed by atoms with E-state index in [1.54, 1.807) is 0 Å². The topological polar surface area (TPSA) is 55.8 Å². The lowest BCUT2D eigenvalue weighted by atomic mass is 9.96. The number of hydrogen-bond donors (Lipinski definition) is 0. The first-order valence-electron chi connectivity index (χ1n) is 6.57. The van der Waals surface area contributed by atoms with Gasteiger partial charge in [-0.2, -0.15) is 0 Å². The summed E-state index contributed by atoms with van der Waals surface area (Å²) in [7, 11) is 2.69. The Hall–Kier alpha value is -1.88. The van der Waals surface area contributed by atoms with E-state index in [9.17, 15) is 9.59 Å². The molecule has 20 heavy (non-hydrogen) atoms. The van der Waals surface area contributed by atoms with Crippen LogP contribution >= 0.6 is 0 Å². The van der Waals surface area contributed by atoms with E-state index in [1.165, 1.54) is 14.2 Å². The van der Waals surface area contributed by atoms with Gasteiger partial charge in [0, 0.05) is 19.6 Å². The van der Waals surface area contributed by atoms with Gasteiger partial charge < -0.3 is 9.47 Å². The largest absolute Gasteiger partial charge is 0.469 e. The second-order valence-corrected chi connectivity index (χ2v) is 4.94. The van der Waals surface area contributed by atoms with Crippen molar-refractivity contribution < 1.29 is 19.1 Å². The molecule has 0 aliphatic carbocycles. The Labute approximate surface area is 118 Å². The van der Waals surface area contributed by atoms with Crippen molar-refractivity contribution in [2.24, 2.45) is 11.8 Å². The number of ether oxygens (including phenoxy) is 2. The van der Waals surface area contributed by atoms with E-state index < -0.39 is 11.8 Å². The minimum absolute atomic E-state index is 0.351. The molecule has 5 nitrogen and oxygen atoms in total. The number of hydrogen-bond acceptors (Lipinski definition) is 5. The maximum Gasteiger partial charge on any atom is 0.310 e. The van der Waals surface area contributed by atoms with Crippen LogP contribution in [0.25, 0.3) is 0 Å². The first-order chi connectivity index (χ1) is 9.65. The molecule has 1 aliphatic rings. The zero-order valence-corrected chi connectivity index (χ0v) is 11.7. The molecule has 0 N–H and O–H groups in total. The summed E-state index contributed by atoms with van der Waals surface area (Å²) in [6, 6.07) is 9.96. The molecule has 0 amide bonds. The standard InChI is InChI=1S/C15H19NO4/c1-19-14(17)12-9-16(10-13(12)15(18)20-2)8-11-6-4-3-5-7-11/h3-7,12-13H,8-10H2,1-2H3/t12-,13-/m0/s1. The van der Waals surface area contributed by atoms with Crippen LogP contribution in [0.2, 0.25) is 0 Å². The third kappa shape index (κ3) is 3.17. The highest BCUT2D eigenvalue weighted by Crippen LogP contribution is 2.27. The van der Waals surface area contributed by atoms with Crippen molar-refractivity contribution in [2.45, 2.75) is 6.54 Å². The Morgan fingerprint density at radius 2 is 1.55 bits per heavy atom. The van der Waals surface area contributed by atoms with Crippen LogP contribution in [0.15, 0.2) is 30.3 Å². The Kier molecular flexibility index (Phi) is 4.74. The van der Waals surface area contributed by atoms with Gasteiger partial charge in [0.05, 0.1) is 26.1 Å². The van der Waals surface area contributed by atoms with Crippen LogP contribution in [0.5, 0.6) is 0 Å². The van der Waals surface area contributed by atoms with Gasteiger partial charge in [0.15, 0.2) is 0 Å².